The van der Waals surface area contributed by atoms with Gasteiger partial charge in [0.1, 0.15) is 10.7 Å². The number of pyridine rings is 1. The molecular formula is C12H13N5S. The number of aromatic nitrogens is 4. The summed E-state index contributed by atoms with van der Waals surface area (Å²) in [5.74, 6) is 0. The zero-order valence-electron chi connectivity index (χ0n) is 9.78. The van der Waals surface area contributed by atoms with Crippen LogP contribution in [-0.2, 0) is 6.42 Å². The summed E-state index contributed by atoms with van der Waals surface area (Å²) >= 11 is 1.61. The molecule has 92 valence electrons. The Labute approximate surface area is 108 Å². The Morgan fingerprint density at radius 1 is 1.28 bits per heavy atom. The van der Waals surface area contributed by atoms with Gasteiger partial charge < -0.3 is 5.73 Å². The molecule has 2 N–H and O–H groups in total. The van der Waals surface area contributed by atoms with Crippen molar-refractivity contribution in [1.29, 1.82) is 0 Å². The van der Waals surface area contributed by atoms with Crippen LogP contribution in [0.25, 0.3) is 16.3 Å². The lowest BCUT2D eigenvalue weighted by molar-refractivity contribution is 0.799. The highest BCUT2D eigenvalue weighted by Crippen LogP contribution is 2.20. The number of hydrogen-bond donors (Lipinski definition) is 1. The molecule has 0 fully saturated rings. The van der Waals surface area contributed by atoms with Gasteiger partial charge in [0.25, 0.3) is 0 Å². The number of fused-ring (bicyclic) bond motifs is 1. The number of imidazole rings is 1. The zero-order valence-corrected chi connectivity index (χ0v) is 10.6. The normalized spacial score (nSPS) is 11.2. The van der Waals surface area contributed by atoms with Crippen molar-refractivity contribution < 1.29 is 0 Å². The quantitative estimate of drug-likeness (QED) is 0.775. The van der Waals surface area contributed by atoms with Crippen molar-refractivity contribution in [2.45, 2.75) is 12.8 Å². The van der Waals surface area contributed by atoms with E-state index in [1.165, 1.54) is 0 Å². The van der Waals surface area contributed by atoms with Crippen molar-refractivity contribution in [2.24, 2.45) is 5.73 Å². The Morgan fingerprint density at radius 2 is 2.22 bits per heavy atom. The minimum Gasteiger partial charge on any atom is -0.330 e. The van der Waals surface area contributed by atoms with Crippen LogP contribution in [0.2, 0.25) is 0 Å². The van der Waals surface area contributed by atoms with Crippen LogP contribution in [0.3, 0.4) is 0 Å². The maximum Gasteiger partial charge on any atom is 0.212 e. The number of nitrogens with zero attached hydrogens (tertiary/aromatic N) is 4. The monoisotopic (exact) mass is 259 g/mol. The average Bonchev–Trinajstić information content (AvgIpc) is 2.95. The van der Waals surface area contributed by atoms with Crippen LogP contribution in [0.1, 0.15) is 11.4 Å². The lowest BCUT2D eigenvalue weighted by atomic mass is 10.3. The van der Waals surface area contributed by atoms with E-state index in [1.54, 1.807) is 17.5 Å². The Balaban J connectivity index is 1.91. The maximum atomic E-state index is 5.49. The van der Waals surface area contributed by atoms with Crippen LogP contribution in [-0.4, -0.2) is 26.1 Å². The van der Waals surface area contributed by atoms with E-state index in [0.717, 1.165) is 34.2 Å². The molecule has 5 nitrogen and oxygen atoms in total. The van der Waals surface area contributed by atoms with E-state index in [4.69, 9.17) is 5.73 Å². The molecule has 0 aromatic carbocycles. The zero-order chi connectivity index (χ0) is 12.4. The molecule has 0 aliphatic heterocycles. The lowest BCUT2D eigenvalue weighted by Gasteiger charge is -1.92. The van der Waals surface area contributed by atoms with Crippen molar-refractivity contribution >= 4 is 16.3 Å². The second-order valence-corrected chi connectivity index (χ2v) is 5.00. The summed E-state index contributed by atoms with van der Waals surface area (Å²) in [6, 6.07) is 5.79. The Bertz CT molecular complexity index is 611. The van der Waals surface area contributed by atoms with E-state index in [1.807, 2.05) is 28.9 Å². The van der Waals surface area contributed by atoms with Gasteiger partial charge in [-0.05, 0) is 25.1 Å². The molecule has 0 bridgehead atoms. The number of aryl methyl sites for hydroxylation is 1. The van der Waals surface area contributed by atoms with E-state index in [2.05, 4.69) is 15.1 Å². The summed E-state index contributed by atoms with van der Waals surface area (Å²) < 4.78 is 1.82. The summed E-state index contributed by atoms with van der Waals surface area (Å²) in [4.78, 5) is 9.72. The van der Waals surface area contributed by atoms with E-state index >= 15 is 0 Å². The molecule has 0 saturated heterocycles. The summed E-state index contributed by atoms with van der Waals surface area (Å²) in [5.41, 5.74) is 7.23. The molecule has 0 radical (unpaired) electrons. The molecule has 0 saturated carbocycles. The van der Waals surface area contributed by atoms with E-state index in [9.17, 15) is 0 Å². The highest BCUT2D eigenvalue weighted by atomic mass is 32.1. The topological polar surface area (TPSA) is 69.1 Å². The minimum atomic E-state index is 0.696. The molecule has 3 heterocycles. The molecule has 6 heteroatoms. The summed E-state index contributed by atoms with van der Waals surface area (Å²) in [5, 5.41) is 5.56. The lowest BCUT2D eigenvalue weighted by Crippen LogP contribution is -2.00. The molecule has 0 aliphatic carbocycles. The Kier molecular flexibility index (Phi) is 3.04. The highest BCUT2D eigenvalue weighted by molar-refractivity contribution is 7.16. The Hall–Kier alpha value is -1.79. The number of rotatable bonds is 4. The summed E-state index contributed by atoms with van der Waals surface area (Å²) in [7, 11) is 0. The third-order valence-corrected chi connectivity index (χ3v) is 3.59. The molecule has 3 rings (SSSR count). The van der Waals surface area contributed by atoms with Crippen LogP contribution >= 0.6 is 11.3 Å². The Morgan fingerprint density at radius 3 is 2.94 bits per heavy atom. The van der Waals surface area contributed by atoms with Gasteiger partial charge in [-0.15, -0.1) is 0 Å². The fraction of sp³-hybridized carbons (Fsp3) is 0.250. The predicted molar refractivity (Wildman–Crippen MR) is 71.5 cm³/mol. The van der Waals surface area contributed by atoms with E-state index in [-0.39, 0.29) is 0 Å². The number of nitrogens with two attached hydrogens (primary N) is 1. The van der Waals surface area contributed by atoms with Gasteiger partial charge >= 0.3 is 0 Å². The van der Waals surface area contributed by atoms with Gasteiger partial charge in [0.05, 0.1) is 11.9 Å². The third kappa shape index (κ3) is 2.12. The van der Waals surface area contributed by atoms with Gasteiger partial charge in [0.2, 0.25) is 4.96 Å². The van der Waals surface area contributed by atoms with Crippen molar-refractivity contribution in [3.8, 4) is 11.4 Å². The molecule has 0 spiro atoms. The second kappa shape index (κ2) is 4.83. The first-order chi connectivity index (χ1) is 8.86. The second-order valence-electron chi connectivity index (χ2n) is 3.96. The largest absolute Gasteiger partial charge is 0.330 e. The maximum absolute atomic E-state index is 5.49. The molecule has 0 aliphatic rings. The molecule has 3 aromatic heterocycles. The molecule has 0 amide bonds. The van der Waals surface area contributed by atoms with E-state index in [0.29, 0.717) is 6.54 Å². The van der Waals surface area contributed by atoms with E-state index < -0.39 is 0 Å². The van der Waals surface area contributed by atoms with Crippen molar-refractivity contribution in [3.05, 3.63) is 35.6 Å². The standard InChI is InChI=1S/C12H13N5S/c13-6-3-5-11-16-17-8-10(15-12(17)18-11)9-4-1-2-7-14-9/h1-2,4,7-8H,3,5-6,13H2. The molecule has 3 aromatic rings. The van der Waals surface area contributed by atoms with Gasteiger partial charge in [-0.2, -0.15) is 5.10 Å². The van der Waals surface area contributed by atoms with Gasteiger partial charge in [-0.25, -0.2) is 9.50 Å². The van der Waals surface area contributed by atoms with Crippen LogP contribution in [0.4, 0.5) is 0 Å². The van der Waals surface area contributed by atoms with Crippen LogP contribution < -0.4 is 5.73 Å². The van der Waals surface area contributed by atoms with Crippen molar-refractivity contribution in [3.63, 3.8) is 0 Å². The first-order valence-electron chi connectivity index (χ1n) is 5.83. The fourth-order valence-corrected chi connectivity index (χ4v) is 2.65. The molecule has 0 atom stereocenters. The molecule has 0 unspecified atom stereocenters. The van der Waals surface area contributed by atoms with Crippen molar-refractivity contribution in [2.75, 3.05) is 6.54 Å². The number of hydrogen-bond acceptors (Lipinski definition) is 5. The summed E-state index contributed by atoms with van der Waals surface area (Å²) in [6.45, 7) is 0.696. The smallest absolute Gasteiger partial charge is 0.212 e. The average molecular weight is 259 g/mol. The first-order valence-corrected chi connectivity index (χ1v) is 6.65. The SMILES string of the molecule is NCCCc1nn2cc(-c3ccccn3)nc2s1. The first kappa shape index (κ1) is 11.3. The highest BCUT2D eigenvalue weighted by Gasteiger charge is 2.09. The molecule has 18 heavy (non-hydrogen) atoms. The van der Waals surface area contributed by atoms with Gasteiger partial charge in [-0.3, -0.25) is 4.98 Å². The van der Waals surface area contributed by atoms with Gasteiger partial charge in [0, 0.05) is 12.6 Å². The van der Waals surface area contributed by atoms with Crippen LogP contribution in [0.15, 0.2) is 30.6 Å². The van der Waals surface area contributed by atoms with Crippen LogP contribution in [0.5, 0.6) is 0 Å². The van der Waals surface area contributed by atoms with Crippen molar-refractivity contribution in [1.82, 2.24) is 19.6 Å². The third-order valence-electron chi connectivity index (χ3n) is 2.61. The molecular weight excluding hydrogens is 246 g/mol. The van der Waals surface area contributed by atoms with Gasteiger partial charge in [0.15, 0.2) is 0 Å². The predicted octanol–water partition coefficient (Wildman–Crippen LogP) is 1.74. The fourth-order valence-electron chi connectivity index (χ4n) is 1.73. The minimum absolute atomic E-state index is 0.696. The van der Waals surface area contributed by atoms with Crippen LogP contribution in [0, 0.1) is 0 Å². The van der Waals surface area contributed by atoms with Gasteiger partial charge in [-0.1, -0.05) is 17.4 Å². The summed E-state index contributed by atoms with van der Waals surface area (Å²) in [6.07, 6.45) is 5.57.